The third-order valence-electron chi connectivity index (χ3n) is 3.11. The predicted octanol–water partition coefficient (Wildman–Crippen LogP) is 2.90. The molecule has 2 aromatic rings. The Hall–Kier alpha value is -1.61. The summed E-state index contributed by atoms with van der Waals surface area (Å²) in [5.74, 6) is 0. The predicted molar refractivity (Wildman–Crippen MR) is 70.3 cm³/mol. The maximum Gasteiger partial charge on any atom is 0.0994 e. The van der Waals surface area contributed by atoms with Gasteiger partial charge >= 0.3 is 0 Å². The molecule has 0 amide bonds. The van der Waals surface area contributed by atoms with Crippen LogP contribution in [0.2, 0.25) is 0 Å². The zero-order valence-electron chi connectivity index (χ0n) is 10.6. The standard InChI is InChI=1S/C14H19N3/c1-4-12(15)14-8-16-9-17(14)13-7-10(2)5-6-11(13)3/h5-9,12H,4,15H2,1-3H3/t12-/m1/s1. The van der Waals surface area contributed by atoms with Gasteiger partial charge in [0, 0.05) is 11.7 Å². The number of hydrogen-bond donors (Lipinski definition) is 1. The number of benzene rings is 1. The van der Waals surface area contributed by atoms with E-state index < -0.39 is 0 Å². The van der Waals surface area contributed by atoms with E-state index in [9.17, 15) is 0 Å². The molecule has 0 fully saturated rings. The van der Waals surface area contributed by atoms with Gasteiger partial charge in [-0.05, 0) is 37.5 Å². The highest BCUT2D eigenvalue weighted by atomic mass is 15.1. The average Bonchev–Trinajstić information content (AvgIpc) is 2.80. The highest BCUT2D eigenvalue weighted by molar-refractivity contribution is 5.44. The van der Waals surface area contributed by atoms with Gasteiger partial charge in [0.2, 0.25) is 0 Å². The molecule has 0 saturated heterocycles. The molecule has 2 rings (SSSR count). The molecule has 1 aromatic heterocycles. The van der Waals surface area contributed by atoms with Gasteiger partial charge in [0.15, 0.2) is 0 Å². The highest BCUT2D eigenvalue weighted by Gasteiger charge is 2.12. The molecule has 1 heterocycles. The summed E-state index contributed by atoms with van der Waals surface area (Å²) < 4.78 is 2.09. The third kappa shape index (κ3) is 2.24. The van der Waals surface area contributed by atoms with Crippen molar-refractivity contribution < 1.29 is 0 Å². The Bertz CT molecular complexity index is 514. The van der Waals surface area contributed by atoms with Crippen LogP contribution >= 0.6 is 0 Å². The van der Waals surface area contributed by atoms with Crippen LogP contribution in [0.25, 0.3) is 5.69 Å². The lowest BCUT2D eigenvalue weighted by Gasteiger charge is -2.15. The van der Waals surface area contributed by atoms with Crippen LogP contribution in [0.3, 0.4) is 0 Å². The van der Waals surface area contributed by atoms with Crippen molar-refractivity contribution in [3.05, 3.63) is 47.5 Å². The summed E-state index contributed by atoms with van der Waals surface area (Å²) in [6.07, 6.45) is 4.61. The van der Waals surface area contributed by atoms with Gasteiger partial charge in [-0.3, -0.25) is 0 Å². The van der Waals surface area contributed by atoms with Crippen molar-refractivity contribution in [1.29, 1.82) is 0 Å². The molecule has 0 spiro atoms. The number of imidazole rings is 1. The van der Waals surface area contributed by atoms with E-state index in [1.54, 1.807) is 0 Å². The molecule has 0 bridgehead atoms. The Morgan fingerprint density at radius 2 is 2.12 bits per heavy atom. The lowest BCUT2D eigenvalue weighted by atomic mass is 10.1. The lowest BCUT2D eigenvalue weighted by Crippen LogP contribution is -2.13. The summed E-state index contributed by atoms with van der Waals surface area (Å²) in [6, 6.07) is 6.46. The van der Waals surface area contributed by atoms with Crippen molar-refractivity contribution in [3.8, 4) is 5.69 Å². The van der Waals surface area contributed by atoms with Gasteiger partial charge in [0.05, 0.1) is 18.2 Å². The van der Waals surface area contributed by atoms with E-state index in [1.165, 1.54) is 16.8 Å². The van der Waals surface area contributed by atoms with Crippen molar-refractivity contribution in [2.75, 3.05) is 0 Å². The van der Waals surface area contributed by atoms with E-state index in [0.717, 1.165) is 12.1 Å². The number of nitrogens with zero attached hydrogens (tertiary/aromatic N) is 2. The van der Waals surface area contributed by atoms with Crippen LogP contribution in [0, 0.1) is 13.8 Å². The number of rotatable bonds is 3. The molecular formula is C14H19N3. The SMILES string of the molecule is CC[C@@H](N)c1cncn1-c1cc(C)ccc1C. The van der Waals surface area contributed by atoms with E-state index in [2.05, 4.69) is 48.5 Å². The topological polar surface area (TPSA) is 43.8 Å². The summed E-state index contributed by atoms with van der Waals surface area (Å²) in [6.45, 7) is 6.29. The Kier molecular flexibility index (Phi) is 3.29. The molecule has 2 N–H and O–H groups in total. The maximum absolute atomic E-state index is 6.10. The van der Waals surface area contributed by atoms with Crippen LogP contribution in [0.15, 0.2) is 30.7 Å². The molecule has 1 atom stereocenters. The second-order valence-corrected chi connectivity index (χ2v) is 4.49. The van der Waals surface area contributed by atoms with Crippen LogP contribution < -0.4 is 5.73 Å². The smallest absolute Gasteiger partial charge is 0.0994 e. The first kappa shape index (κ1) is 11.9. The van der Waals surface area contributed by atoms with Crippen LogP contribution in [0.1, 0.15) is 36.2 Å². The molecule has 0 aliphatic rings. The van der Waals surface area contributed by atoms with Crippen LogP contribution in [-0.2, 0) is 0 Å². The second kappa shape index (κ2) is 4.72. The Balaban J connectivity index is 2.53. The lowest BCUT2D eigenvalue weighted by molar-refractivity contribution is 0.659. The highest BCUT2D eigenvalue weighted by Crippen LogP contribution is 2.21. The third-order valence-corrected chi connectivity index (χ3v) is 3.11. The van der Waals surface area contributed by atoms with Gasteiger partial charge in [-0.15, -0.1) is 0 Å². The van der Waals surface area contributed by atoms with E-state index in [-0.39, 0.29) is 6.04 Å². The monoisotopic (exact) mass is 229 g/mol. The van der Waals surface area contributed by atoms with Crippen LogP contribution in [-0.4, -0.2) is 9.55 Å². The number of hydrogen-bond acceptors (Lipinski definition) is 2. The Morgan fingerprint density at radius 1 is 1.35 bits per heavy atom. The molecule has 1 aromatic carbocycles. The van der Waals surface area contributed by atoms with Gasteiger partial charge in [-0.25, -0.2) is 4.98 Å². The number of aromatic nitrogens is 2. The molecule has 0 unspecified atom stereocenters. The van der Waals surface area contributed by atoms with E-state index in [1.807, 2.05) is 12.5 Å². The van der Waals surface area contributed by atoms with Gasteiger partial charge in [0.25, 0.3) is 0 Å². The molecule has 3 nitrogen and oxygen atoms in total. The van der Waals surface area contributed by atoms with E-state index >= 15 is 0 Å². The van der Waals surface area contributed by atoms with Gasteiger partial charge in [-0.2, -0.15) is 0 Å². The fourth-order valence-electron chi connectivity index (χ4n) is 1.97. The van der Waals surface area contributed by atoms with Crippen molar-refractivity contribution in [3.63, 3.8) is 0 Å². The molecule has 90 valence electrons. The Labute approximate surface area is 102 Å². The normalized spacial score (nSPS) is 12.7. The van der Waals surface area contributed by atoms with E-state index in [0.29, 0.717) is 0 Å². The summed E-state index contributed by atoms with van der Waals surface area (Å²) in [4.78, 5) is 4.22. The summed E-state index contributed by atoms with van der Waals surface area (Å²) in [5.41, 5.74) is 10.8. The van der Waals surface area contributed by atoms with Crippen molar-refractivity contribution in [2.45, 2.75) is 33.2 Å². The fourth-order valence-corrected chi connectivity index (χ4v) is 1.97. The van der Waals surface area contributed by atoms with Gasteiger partial charge in [-0.1, -0.05) is 19.1 Å². The zero-order chi connectivity index (χ0) is 12.4. The minimum absolute atomic E-state index is 0.0393. The van der Waals surface area contributed by atoms with Crippen LogP contribution in [0.4, 0.5) is 0 Å². The first-order valence-electron chi connectivity index (χ1n) is 5.99. The van der Waals surface area contributed by atoms with Crippen molar-refractivity contribution >= 4 is 0 Å². The summed E-state index contributed by atoms with van der Waals surface area (Å²) >= 11 is 0. The van der Waals surface area contributed by atoms with Gasteiger partial charge < -0.3 is 10.3 Å². The van der Waals surface area contributed by atoms with Crippen molar-refractivity contribution in [2.24, 2.45) is 5.73 Å². The quantitative estimate of drug-likeness (QED) is 0.879. The van der Waals surface area contributed by atoms with Gasteiger partial charge in [0.1, 0.15) is 0 Å². The van der Waals surface area contributed by atoms with Crippen LogP contribution in [0.5, 0.6) is 0 Å². The molecular weight excluding hydrogens is 210 g/mol. The average molecular weight is 229 g/mol. The summed E-state index contributed by atoms with van der Waals surface area (Å²) in [5, 5.41) is 0. The maximum atomic E-state index is 6.10. The van der Waals surface area contributed by atoms with E-state index in [4.69, 9.17) is 5.73 Å². The molecule has 3 heteroatoms. The second-order valence-electron chi connectivity index (χ2n) is 4.49. The zero-order valence-corrected chi connectivity index (χ0v) is 10.6. The molecule has 0 saturated carbocycles. The molecule has 0 radical (unpaired) electrons. The Morgan fingerprint density at radius 3 is 2.82 bits per heavy atom. The fraction of sp³-hybridized carbons (Fsp3) is 0.357. The molecule has 0 aliphatic carbocycles. The minimum Gasteiger partial charge on any atom is -0.323 e. The molecule has 17 heavy (non-hydrogen) atoms. The minimum atomic E-state index is 0.0393. The largest absolute Gasteiger partial charge is 0.323 e. The first-order chi connectivity index (χ1) is 8.13. The first-order valence-corrected chi connectivity index (χ1v) is 5.99. The van der Waals surface area contributed by atoms with Crippen molar-refractivity contribution in [1.82, 2.24) is 9.55 Å². The number of aryl methyl sites for hydroxylation is 2. The summed E-state index contributed by atoms with van der Waals surface area (Å²) in [7, 11) is 0. The molecule has 0 aliphatic heterocycles. The number of nitrogens with two attached hydrogens (primary N) is 1.